The Morgan fingerprint density at radius 3 is 2.23 bits per heavy atom. The number of amides is 1. The molecule has 0 radical (unpaired) electrons. The molecule has 0 atom stereocenters. The molecule has 3 rings (SSSR count). The van der Waals surface area contributed by atoms with E-state index in [0.29, 0.717) is 17.2 Å². The molecular formula is C24H29ClN2O4. The van der Waals surface area contributed by atoms with Crippen LogP contribution in [0.5, 0.6) is 17.2 Å². The van der Waals surface area contributed by atoms with Crippen molar-refractivity contribution in [1.29, 1.82) is 0 Å². The zero-order valence-corrected chi connectivity index (χ0v) is 18.9. The molecule has 1 heterocycles. The van der Waals surface area contributed by atoms with Crippen molar-refractivity contribution in [2.24, 2.45) is 0 Å². The molecule has 1 N–H and O–H groups in total. The maximum absolute atomic E-state index is 12.4. The summed E-state index contributed by atoms with van der Waals surface area (Å²) in [5, 5.41) is 3.86. The zero-order chi connectivity index (χ0) is 22.2. The molecule has 1 amide bonds. The van der Waals surface area contributed by atoms with Gasteiger partial charge in [0.25, 0.3) is 0 Å². The molecule has 0 aliphatic carbocycles. The van der Waals surface area contributed by atoms with Gasteiger partial charge in [0, 0.05) is 36.8 Å². The molecule has 1 aliphatic heterocycles. The minimum atomic E-state index is -0.107. The van der Waals surface area contributed by atoms with Gasteiger partial charge in [-0.3, -0.25) is 9.69 Å². The standard InChI is InChI=1S/C24H29ClN2O4/c1-29-21-14-18(15-22(30-2)24(21)31-3)6-9-23(28)26-20-10-12-27(13-11-20)16-17-4-7-19(25)8-5-17/h4-9,14-15,20H,10-13,16H2,1-3H3,(H,26,28)/b9-6+. The summed E-state index contributed by atoms with van der Waals surface area (Å²) >= 11 is 5.95. The number of hydrogen-bond acceptors (Lipinski definition) is 5. The average Bonchev–Trinajstić information content (AvgIpc) is 2.79. The number of methoxy groups -OCH3 is 3. The fraction of sp³-hybridized carbons (Fsp3) is 0.375. The number of piperidine rings is 1. The first kappa shape index (κ1) is 23.0. The van der Waals surface area contributed by atoms with Crippen molar-refractivity contribution in [2.75, 3.05) is 34.4 Å². The van der Waals surface area contributed by atoms with Crippen molar-refractivity contribution < 1.29 is 19.0 Å². The number of ether oxygens (including phenoxy) is 3. The number of hydrogen-bond donors (Lipinski definition) is 1. The first-order valence-electron chi connectivity index (χ1n) is 10.3. The van der Waals surface area contributed by atoms with E-state index in [9.17, 15) is 4.79 Å². The van der Waals surface area contributed by atoms with Crippen LogP contribution in [0.1, 0.15) is 24.0 Å². The topological polar surface area (TPSA) is 60.0 Å². The van der Waals surface area contributed by atoms with Gasteiger partial charge in [0.15, 0.2) is 11.5 Å². The summed E-state index contributed by atoms with van der Waals surface area (Å²) < 4.78 is 16.0. The Bertz CT molecular complexity index is 881. The summed E-state index contributed by atoms with van der Waals surface area (Å²) in [6.07, 6.45) is 5.14. The highest BCUT2D eigenvalue weighted by molar-refractivity contribution is 6.30. The van der Waals surface area contributed by atoms with Gasteiger partial charge in [-0.15, -0.1) is 0 Å². The van der Waals surface area contributed by atoms with Crippen molar-refractivity contribution in [3.05, 3.63) is 58.6 Å². The lowest BCUT2D eigenvalue weighted by molar-refractivity contribution is -0.117. The number of benzene rings is 2. The van der Waals surface area contributed by atoms with Crippen molar-refractivity contribution >= 4 is 23.6 Å². The number of carbonyl (C=O) groups excluding carboxylic acids is 1. The highest BCUT2D eigenvalue weighted by Crippen LogP contribution is 2.38. The van der Waals surface area contributed by atoms with Gasteiger partial charge in [0.1, 0.15) is 0 Å². The fourth-order valence-electron chi connectivity index (χ4n) is 3.70. The summed E-state index contributed by atoms with van der Waals surface area (Å²) in [6.45, 7) is 2.80. The van der Waals surface area contributed by atoms with Crippen LogP contribution in [0.2, 0.25) is 5.02 Å². The van der Waals surface area contributed by atoms with E-state index in [4.69, 9.17) is 25.8 Å². The zero-order valence-electron chi connectivity index (χ0n) is 18.2. The van der Waals surface area contributed by atoms with E-state index in [1.54, 1.807) is 45.6 Å². The lowest BCUT2D eigenvalue weighted by atomic mass is 10.0. The second-order valence-corrected chi connectivity index (χ2v) is 7.91. The number of halogens is 1. The Balaban J connectivity index is 1.51. The molecule has 0 spiro atoms. The quantitative estimate of drug-likeness (QED) is 0.619. The average molecular weight is 445 g/mol. The molecule has 1 saturated heterocycles. The van der Waals surface area contributed by atoms with Crippen LogP contribution >= 0.6 is 11.6 Å². The molecule has 1 fully saturated rings. The van der Waals surface area contributed by atoms with Gasteiger partial charge in [0.05, 0.1) is 21.3 Å². The molecule has 0 bridgehead atoms. The molecule has 1 aliphatic rings. The Hall–Kier alpha value is -2.70. The maximum Gasteiger partial charge on any atom is 0.244 e. The molecule has 0 saturated carbocycles. The van der Waals surface area contributed by atoms with Gasteiger partial charge in [-0.25, -0.2) is 0 Å². The van der Waals surface area contributed by atoms with Crippen LogP contribution in [0, 0.1) is 0 Å². The summed E-state index contributed by atoms with van der Waals surface area (Å²) in [5.41, 5.74) is 2.04. The second-order valence-electron chi connectivity index (χ2n) is 7.48. The summed E-state index contributed by atoms with van der Waals surface area (Å²) in [7, 11) is 4.69. The van der Waals surface area contributed by atoms with Crippen LogP contribution in [-0.2, 0) is 11.3 Å². The van der Waals surface area contributed by atoms with Crippen LogP contribution in [0.4, 0.5) is 0 Å². The molecule has 7 heteroatoms. The van der Waals surface area contributed by atoms with E-state index in [2.05, 4.69) is 22.3 Å². The predicted octanol–water partition coefficient (Wildman–Crippen LogP) is 4.16. The molecule has 2 aromatic carbocycles. The summed E-state index contributed by atoms with van der Waals surface area (Å²) in [5.74, 6) is 1.52. The van der Waals surface area contributed by atoms with Crippen molar-refractivity contribution in [1.82, 2.24) is 10.2 Å². The minimum Gasteiger partial charge on any atom is -0.493 e. The second kappa shape index (κ2) is 11.1. The maximum atomic E-state index is 12.4. The first-order chi connectivity index (χ1) is 15.0. The third kappa shape index (κ3) is 6.39. The molecule has 0 unspecified atom stereocenters. The van der Waals surface area contributed by atoms with Crippen LogP contribution in [0.3, 0.4) is 0 Å². The van der Waals surface area contributed by atoms with Gasteiger partial charge in [-0.1, -0.05) is 23.7 Å². The van der Waals surface area contributed by atoms with E-state index in [0.717, 1.165) is 43.1 Å². The van der Waals surface area contributed by atoms with E-state index < -0.39 is 0 Å². The number of nitrogens with one attached hydrogen (secondary N) is 1. The monoisotopic (exact) mass is 444 g/mol. The van der Waals surface area contributed by atoms with Crippen molar-refractivity contribution in [3.63, 3.8) is 0 Å². The van der Waals surface area contributed by atoms with Gasteiger partial charge in [-0.05, 0) is 54.3 Å². The third-order valence-corrected chi connectivity index (χ3v) is 5.62. The van der Waals surface area contributed by atoms with Crippen molar-refractivity contribution in [2.45, 2.75) is 25.4 Å². The highest BCUT2D eigenvalue weighted by atomic mass is 35.5. The van der Waals surface area contributed by atoms with Crippen LogP contribution in [0.15, 0.2) is 42.5 Å². The molecule has 6 nitrogen and oxygen atoms in total. The number of carbonyl (C=O) groups is 1. The smallest absolute Gasteiger partial charge is 0.244 e. The Labute approximate surface area is 188 Å². The SMILES string of the molecule is COc1cc(/C=C/C(=O)NC2CCN(Cc3ccc(Cl)cc3)CC2)cc(OC)c1OC. The Morgan fingerprint density at radius 2 is 1.68 bits per heavy atom. The Morgan fingerprint density at radius 1 is 1.06 bits per heavy atom. The highest BCUT2D eigenvalue weighted by Gasteiger charge is 2.20. The van der Waals surface area contributed by atoms with Crippen LogP contribution in [0.25, 0.3) is 6.08 Å². The third-order valence-electron chi connectivity index (χ3n) is 5.37. The van der Waals surface area contributed by atoms with E-state index in [-0.39, 0.29) is 11.9 Å². The van der Waals surface area contributed by atoms with E-state index in [1.165, 1.54) is 5.56 Å². The Kier molecular flexibility index (Phi) is 8.20. The lowest BCUT2D eigenvalue weighted by Gasteiger charge is -2.32. The lowest BCUT2D eigenvalue weighted by Crippen LogP contribution is -2.43. The predicted molar refractivity (Wildman–Crippen MR) is 123 cm³/mol. The molecular weight excluding hydrogens is 416 g/mol. The van der Waals surface area contributed by atoms with Crippen LogP contribution < -0.4 is 19.5 Å². The molecule has 2 aromatic rings. The van der Waals surface area contributed by atoms with E-state index in [1.807, 2.05) is 12.1 Å². The minimum absolute atomic E-state index is 0.107. The summed E-state index contributed by atoms with van der Waals surface area (Å²) in [4.78, 5) is 14.8. The molecule has 31 heavy (non-hydrogen) atoms. The number of likely N-dealkylation sites (tertiary alicyclic amines) is 1. The molecule has 166 valence electrons. The van der Waals surface area contributed by atoms with Crippen molar-refractivity contribution in [3.8, 4) is 17.2 Å². The largest absolute Gasteiger partial charge is 0.493 e. The number of rotatable bonds is 8. The van der Waals surface area contributed by atoms with Gasteiger partial charge < -0.3 is 19.5 Å². The van der Waals surface area contributed by atoms with E-state index >= 15 is 0 Å². The summed E-state index contributed by atoms with van der Waals surface area (Å²) in [6, 6.07) is 11.8. The normalized spacial score (nSPS) is 15.1. The molecule has 0 aromatic heterocycles. The fourth-order valence-corrected chi connectivity index (χ4v) is 3.83. The number of nitrogens with zero attached hydrogens (tertiary/aromatic N) is 1. The van der Waals surface area contributed by atoms with Crippen LogP contribution in [-0.4, -0.2) is 51.3 Å². The van der Waals surface area contributed by atoms with Gasteiger partial charge in [0.2, 0.25) is 11.7 Å². The van der Waals surface area contributed by atoms with Gasteiger partial charge >= 0.3 is 0 Å². The van der Waals surface area contributed by atoms with Gasteiger partial charge in [-0.2, -0.15) is 0 Å². The first-order valence-corrected chi connectivity index (χ1v) is 10.7.